The van der Waals surface area contributed by atoms with Gasteiger partial charge in [-0.05, 0) is 25.6 Å². The van der Waals surface area contributed by atoms with E-state index in [-0.39, 0.29) is 5.79 Å². The van der Waals surface area contributed by atoms with E-state index in [1.807, 2.05) is 11.8 Å². The van der Waals surface area contributed by atoms with Gasteiger partial charge in [-0.15, -0.1) is 0 Å². The number of nitrogens with one attached hydrogen (secondary N) is 1. The van der Waals surface area contributed by atoms with E-state index in [9.17, 15) is 0 Å². The Hall–Kier alpha value is 0.190. The summed E-state index contributed by atoms with van der Waals surface area (Å²) in [5.74, 6) is 0.874. The third-order valence-corrected chi connectivity index (χ3v) is 5.25. The molecule has 2 rings (SSSR count). The van der Waals surface area contributed by atoms with E-state index in [4.69, 9.17) is 14.2 Å². The number of methoxy groups -OCH3 is 1. The van der Waals surface area contributed by atoms with Gasteiger partial charge in [0.15, 0.2) is 5.79 Å². The zero-order chi connectivity index (χ0) is 12.8. The van der Waals surface area contributed by atoms with Crippen molar-refractivity contribution < 1.29 is 14.2 Å². The summed E-state index contributed by atoms with van der Waals surface area (Å²) in [7, 11) is 3.82. The Balaban J connectivity index is 1.83. The van der Waals surface area contributed by atoms with Gasteiger partial charge in [0.2, 0.25) is 0 Å². The van der Waals surface area contributed by atoms with Gasteiger partial charge in [-0.25, -0.2) is 0 Å². The summed E-state index contributed by atoms with van der Waals surface area (Å²) >= 11 is 2.03. The van der Waals surface area contributed by atoms with Crippen LogP contribution in [0.25, 0.3) is 0 Å². The van der Waals surface area contributed by atoms with Gasteiger partial charge < -0.3 is 19.5 Å². The Bertz CT molecular complexity index is 246. The van der Waals surface area contributed by atoms with E-state index >= 15 is 0 Å². The average molecular weight is 275 g/mol. The molecule has 0 aromatic carbocycles. The van der Waals surface area contributed by atoms with Crippen molar-refractivity contribution in [3.8, 4) is 0 Å². The molecule has 1 saturated heterocycles. The molecule has 2 aliphatic rings. The number of rotatable bonds is 6. The van der Waals surface area contributed by atoms with Crippen LogP contribution in [0.3, 0.4) is 0 Å². The second kappa shape index (κ2) is 7.10. The van der Waals surface area contributed by atoms with Crippen molar-refractivity contribution in [3.63, 3.8) is 0 Å². The highest BCUT2D eigenvalue weighted by Crippen LogP contribution is 2.40. The van der Waals surface area contributed by atoms with E-state index in [0.717, 1.165) is 51.3 Å². The van der Waals surface area contributed by atoms with Crippen LogP contribution in [-0.4, -0.2) is 56.8 Å². The van der Waals surface area contributed by atoms with Gasteiger partial charge in [-0.3, -0.25) is 0 Å². The number of hydrogen-bond donors (Lipinski definition) is 1. The van der Waals surface area contributed by atoms with Crippen molar-refractivity contribution in [1.82, 2.24) is 5.32 Å². The molecule has 0 radical (unpaired) electrons. The predicted molar refractivity (Wildman–Crippen MR) is 74.1 cm³/mol. The Morgan fingerprint density at radius 2 is 2.17 bits per heavy atom. The van der Waals surface area contributed by atoms with Crippen molar-refractivity contribution in [3.05, 3.63) is 0 Å². The van der Waals surface area contributed by atoms with Gasteiger partial charge in [-0.1, -0.05) is 0 Å². The molecule has 1 aliphatic heterocycles. The molecule has 1 N–H and O–H groups in total. The quantitative estimate of drug-likeness (QED) is 0.746. The largest absolute Gasteiger partial charge is 0.385 e. The van der Waals surface area contributed by atoms with E-state index in [0.29, 0.717) is 11.3 Å². The highest BCUT2D eigenvalue weighted by Gasteiger charge is 2.44. The summed E-state index contributed by atoms with van der Waals surface area (Å²) in [6, 6.07) is 0.580. The molecule has 106 valence electrons. The van der Waals surface area contributed by atoms with Crippen molar-refractivity contribution in [1.29, 1.82) is 0 Å². The molecule has 2 unspecified atom stereocenters. The predicted octanol–water partition coefficient (Wildman–Crippen LogP) is 1.64. The monoisotopic (exact) mass is 275 g/mol. The standard InChI is InChI=1S/C13H25NO3S/c1-14-11-4-5-13(16-7-8-17-13)10-12(11)18-9-3-6-15-2/h11-12,14H,3-10H2,1-2H3. The molecule has 0 bridgehead atoms. The minimum atomic E-state index is -0.272. The van der Waals surface area contributed by atoms with E-state index in [1.54, 1.807) is 7.11 Å². The number of ether oxygens (including phenoxy) is 3. The smallest absolute Gasteiger partial charge is 0.169 e. The van der Waals surface area contributed by atoms with Crippen molar-refractivity contribution in [2.24, 2.45) is 0 Å². The summed E-state index contributed by atoms with van der Waals surface area (Å²) in [5, 5.41) is 4.02. The van der Waals surface area contributed by atoms with Crippen LogP contribution in [0.1, 0.15) is 25.7 Å². The summed E-state index contributed by atoms with van der Waals surface area (Å²) < 4.78 is 16.8. The van der Waals surface area contributed by atoms with E-state index in [2.05, 4.69) is 12.4 Å². The number of hydrogen-bond acceptors (Lipinski definition) is 5. The van der Waals surface area contributed by atoms with Crippen LogP contribution >= 0.6 is 11.8 Å². The summed E-state index contributed by atoms with van der Waals surface area (Å²) in [6.07, 6.45) is 4.28. The molecular formula is C13H25NO3S. The maximum atomic E-state index is 5.84. The normalized spacial score (nSPS) is 31.0. The first kappa shape index (κ1) is 14.6. The maximum absolute atomic E-state index is 5.84. The first-order valence-electron chi connectivity index (χ1n) is 6.85. The summed E-state index contributed by atoms with van der Waals surface area (Å²) in [6.45, 7) is 2.36. The first-order valence-corrected chi connectivity index (χ1v) is 7.90. The van der Waals surface area contributed by atoms with Gasteiger partial charge >= 0.3 is 0 Å². The second-order valence-corrected chi connectivity index (χ2v) is 6.35. The van der Waals surface area contributed by atoms with E-state index < -0.39 is 0 Å². The Morgan fingerprint density at radius 1 is 1.39 bits per heavy atom. The highest BCUT2D eigenvalue weighted by atomic mass is 32.2. The molecule has 1 spiro atoms. The molecule has 2 atom stereocenters. The fourth-order valence-corrected chi connectivity index (χ4v) is 4.28. The lowest BCUT2D eigenvalue weighted by atomic mass is 9.89. The zero-order valence-corrected chi connectivity index (χ0v) is 12.3. The molecular weight excluding hydrogens is 250 g/mol. The average Bonchev–Trinajstić information content (AvgIpc) is 2.83. The topological polar surface area (TPSA) is 39.7 Å². The van der Waals surface area contributed by atoms with Crippen LogP contribution in [-0.2, 0) is 14.2 Å². The molecule has 18 heavy (non-hydrogen) atoms. The van der Waals surface area contributed by atoms with Crippen molar-refractivity contribution >= 4 is 11.8 Å². The Morgan fingerprint density at radius 3 is 2.83 bits per heavy atom. The van der Waals surface area contributed by atoms with Crippen LogP contribution in [0.5, 0.6) is 0 Å². The summed E-state index contributed by atoms with van der Waals surface area (Å²) in [5.41, 5.74) is 0. The molecule has 5 heteroatoms. The molecule has 1 heterocycles. The lowest BCUT2D eigenvalue weighted by Crippen LogP contribution is -2.48. The molecule has 0 aromatic heterocycles. The molecule has 2 fully saturated rings. The second-order valence-electron chi connectivity index (χ2n) is 5.00. The van der Waals surface area contributed by atoms with Crippen LogP contribution in [0, 0.1) is 0 Å². The number of thioether (sulfide) groups is 1. The van der Waals surface area contributed by atoms with Gasteiger partial charge in [0.25, 0.3) is 0 Å². The van der Waals surface area contributed by atoms with Crippen molar-refractivity contribution in [2.45, 2.75) is 42.8 Å². The first-order chi connectivity index (χ1) is 8.79. The lowest BCUT2D eigenvalue weighted by molar-refractivity contribution is -0.177. The fraction of sp³-hybridized carbons (Fsp3) is 1.00. The molecule has 0 amide bonds. The third kappa shape index (κ3) is 3.61. The van der Waals surface area contributed by atoms with Gasteiger partial charge in [0, 0.05) is 37.9 Å². The zero-order valence-electron chi connectivity index (χ0n) is 11.4. The van der Waals surface area contributed by atoms with Crippen LogP contribution in [0.2, 0.25) is 0 Å². The Kier molecular flexibility index (Phi) is 5.76. The SMILES string of the molecule is CNC1CCC2(CC1SCCCOC)OCCO2. The van der Waals surface area contributed by atoms with Gasteiger partial charge in [0.1, 0.15) is 0 Å². The lowest BCUT2D eigenvalue weighted by Gasteiger charge is -2.40. The molecule has 1 saturated carbocycles. The third-order valence-electron chi connectivity index (χ3n) is 3.81. The molecule has 4 nitrogen and oxygen atoms in total. The minimum Gasteiger partial charge on any atom is -0.385 e. The van der Waals surface area contributed by atoms with Gasteiger partial charge in [-0.2, -0.15) is 11.8 Å². The van der Waals surface area contributed by atoms with Crippen LogP contribution in [0.15, 0.2) is 0 Å². The molecule has 0 aromatic rings. The highest BCUT2D eigenvalue weighted by molar-refractivity contribution is 7.99. The Labute approximate surface area is 114 Å². The summed E-state index contributed by atoms with van der Waals surface area (Å²) in [4.78, 5) is 0. The fourth-order valence-electron chi connectivity index (χ4n) is 2.81. The maximum Gasteiger partial charge on any atom is 0.169 e. The van der Waals surface area contributed by atoms with Crippen molar-refractivity contribution in [2.75, 3.05) is 39.7 Å². The van der Waals surface area contributed by atoms with Gasteiger partial charge in [0.05, 0.1) is 13.2 Å². The van der Waals surface area contributed by atoms with Crippen LogP contribution < -0.4 is 5.32 Å². The van der Waals surface area contributed by atoms with Crippen LogP contribution in [0.4, 0.5) is 0 Å². The minimum absolute atomic E-state index is 0.272. The molecule has 1 aliphatic carbocycles. The van der Waals surface area contributed by atoms with E-state index in [1.165, 1.54) is 0 Å².